The van der Waals surface area contributed by atoms with Crippen LogP contribution >= 0.6 is 12.2 Å². The van der Waals surface area contributed by atoms with Crippen LogP contribution in [0.4, 0.5) is 5.69 Å². The Morgan fingerprint density at radius 1 is 1.10 bits per heavy atom. The molecule has 2 aromatic rings. The molecule has 0 heterocycles. The van der Waals surface area contributed by atoms with Gasteiger partial charge in [0.1, 0.15) is 12.4 Å². The van der Waals surface area contributed by atoms with Gasteiger partial charge in [0.25, 0.3) is 0 Å². The summed E-state index contributed by atoms with van der Waals surface area (Å²) in [6, 6.07) is 17.8. The summed E-state index contributed by atoms with van der Waals surface area (Å²) in [7, 11) is 0. The second-order valence-corrected chi connectivity index (χ2v) is 4.80. The number of rotatable bonds is 6. The van der Waals surface area contributed by atoms with Crippen LogP contribution in [-0.4, -0.2) is 11.7 Å². The van der Waals surface area contributed by atoms with Crippen molar-refractivity contribution in [1.82, 2.24) is 5.32 Å². The molecule has 0 aliphatic heterocycles. The Morgan fingerprint density at radius 2 is 1.81 bits per heavy atom. The number of para-hydroxylation sites is 2. The maximum absolute atomic E-state index is 5.86. The van der Waals surface area contributed by atoms with E-state index in [-0.39, 0.29) is 0 Å². The fourth-order valence-electron chi connectivity index (χ4n) is 1.76. The van der Waals surface area contributed by atoms with Crippen molar-refractivity contribution in [1.29, 1.82) is 0 Å². The number of benzene rings is 2. The molecule has 0 spiro atoms. The molecule has 0 radical (unpaired) electrons. The molecule has 0 unspecified atom stereocenters. The van der Waals surface area contributed by atoms with Gasteiger partial charge in [0.15, 0.2) is 5.11 Å². The Kier molecular flexibility index (Phi) is 5.79. The Balaban J connectivity index is 1.99. The van der Waals surface area contributed by atoms with Gasteiger partial charge in [0, 0.05) is 6.54 Å². The molecule has 0 fully saturated rings. The largest absolute Gasteiger partial charge is 0.487 e. The molecule has 2 aromatic carbocycles. The smallest absolute Gasteiger partial charge is 0.171 e. The van der Waals surface area contributed by atoms with Crippen LogP contribution in [0.5, 0.6) is 5.75 Å². The van der Waals surface area contributed by atoms with Crippen LogP contribution in [0.25, 0.3) is 0 Å². The number of hydrogen-bond acceptors (Lipinski definition) is 2. The van der Waals surface area contributed by atoms with Crippen LogP contribution in [0.2, 0.25) is 0 Å². The normalized spacial score (nSPS) is 9.71. The summed E-state index contributed by atoms with van der Waals surface area (Å²) < 4.78 is 5.86. The predicted molar refractivity (Wildman–Crippen MR) is 91.6 cm³/mol. The van der Waals surface area contributed by atoms with Crippen molar-refractivity contribution in [3.8, 4) is 5.75 Å². The Bertz CT molecular complexity index is 599. The Labute approximate surface area is 130 Å². The van der Waals surface area contributed by atoms with Crippen LogP contribution in [-0.2, 0) is 6.61 Å². The molecule has 0 aliphatic rings. The van der Waals surface area contributed by atoms with Crippen LogP contribution < -0.4 is 15.4 Å². The van der Waals surface area contributed by atoms with Gasteiger partial charge in [0.2, 0.25) is 0 Å². The molecule has 2 rings (SSSR count). The van der Waals surface area contributed by atoms with Gasteiger partial charge >= 0.3 is 0 Å². The Hall–Kier alpha value is -2.33. The van der Waals surface area contributed by atoms with E-state index < -0.39 is 0 Å². The van der Waals surface area contributed by atoms with Crippen molar-refractivity contribution >= 4 is 23.0 Å². The van der Waals surface area contributed by atoms with E-state index in [0.717, 1.165) is 17.0 Å². The summed E-state index contributed by atoms with van der Waals surface area (Å²) in [5.74, 6) is 0.768. The fraction of sp³-hybridized carbons (Fsp3) is 0.118. The zero-order valence-corrected chi connectivity index (χ0v) is 12.5. The average molecular weight is 298 g/mol. The molecule has 108 valence electrons. The van der Waals surface area contributed by atoms with Gasteiger partial charge in [-0.2, -0.15) is 0 Å². The first-order valence-corrected chi connectivity index (χ1v) is 7.12. The highest BCUT2D eigenvalue weighted by Crippen LogP contribution is 2.24. The molecule has 0 saturated carbocycles. The Morgan fingerprint density at radius 3 is 2.57 bits per heavy atom. The van der Waals surface area contributed by atoms with Gasteiger partial charge in [-0.15, -0.1) is 6.58 Å². The first-order chi connectivity index (χ1) is 10.3. The number of hydrogen-bond donors (Lipinski definition) is 2. The van der Waals surface area contributed by atoms with Gasteiger partial charge in [-0.3, -0.25) is 0 Å². The third-order valence-corrected chi connectivity index (χ3v) is 3.03. The van der Waals surface area contributed by atoms with Crippen LogP contribution in [0.15, 0.2) is 67.3 Å². The van der Waals surface area contributed by atoms with Crippen LogP contribution in [0, 0.1) is 0 Å². The molecule has 4 heteroatoms. The van der Waals surface area contributed by atoms with E-state index in [2.05, 4.69) is 17.2 Å². The van der Waals surface area contributed by atoms with Crippen LogP contribution in [0.3, 0.4) is 0 Å². The highest BCUT2D eigenvalue weighted by atomic mass is 32.1. The molecule has 0 amide bonds. The van der Waals surface area contributed by atoms with E-state index in [4.69, 9.17) is 17.0 Å². The third-order valence-electron chi connectivity index (χ3n) is 2.78. The predicted octanol–water partition coefficient (Wildman–Crippen LogP) is 3.74. The number of ether oxygens (including phenoxy) is 1. The average Bonchev–Trinajstić information content (AvgIpc) is 2.53. The standard InChI is InChI=1S/C17H18N2OS/c1-2-12-18-17(21)19-15-10-6-7-11-16(15)20-13-14-8-4-3-5-9-14/h2-11H,1,12-13H2,(H2,18,19,21). The van der Waals surface area contributed by atoms with E-state index in [0.29, 0.717) is 18.3 Å². The maximum atomic E-state index is 5.86. The molecule has 3 nitrogen and oxygen atoms in total. The third kappa shape index (κ3) is 4.93. The molecule has 0 saturated heterocycles. The van der Waals surface area contributed by atoms with Crippen molar-refractivity contribution in [3.05, 3.63) is 72.8 Å². The number of thiocarbonyl (C=S) groups is 1. The summed E-state index contributed by atoms with van der Waals surface area (Å²) in [6.45, 7) is 4.79. The summed E-state index contributed by atoms with van der Waals surface area (Å²) >= 11 is 5.21. The van der Waals surface area contributed by atoms with Gasteiger partial charge in [-0.1, -0.05) is 48.5 Å². The second kappa shape index (κ2) is 8.07. The van der Waals surface area contributed by atoms with E-state index in [1.165, 1.54) is 0 Å². The molecular formula is C17H18N2OS. The molecule has 2 N–H and O–H groups in total. The lowest BCUT2D eigenvalue weighted by Gasteiger charge is -2.14. The molecule has 21 heavy (non-hydrogen) atoms. The first kappa shape index (κ1) is 15.1. The minimum atomic E-state index is 0.520. The van der Waals surface area contributed by atoms with Crippen molar-refractivity contribution in [2.45, 2.75) is 6.61 Å². The van der Waals surface area contributed by atoms with E-state index >= 15 is 0 Å². The summed E-state index contributed by atoms with van der Waals surface area (Å²) in [5, 5.41) is 6.70. The van der Waals surface area contributed by atoms with Crippen molar-refractivity contribution in [2.24, 2.45) is 0 Å². The number of nitrogens with one attached hydrogen (secondary N) is 2. The van der Waals surface area contributed by atoms with Gasteiger partial charge in [0.05, 0.1) is 5.69 Å². The highest BCUT2D eigenvalue weighted by Gasteiger charge is 2.04. The van der Waals surface area contributed by atoms with Crippen LogP contribution in [0.1, 0.15) is 5.56 Å². The van der Waals surface area contributed by atoms with Gasteiger partial charge in [-0.05, 0) is 29.9 Å². The monoisotopic (exact) mass is 298 g/mol. The molecule has 0 aliphatic carbocycles. The topological polar surface area (TPSA) is 33.3 Å². The zero-order chi connectivity index (χ0) is 14.9. The summed E-state index contributed by atoms with van der Waals surface area (Å²) in [5.41, 5.74) is 1.97. The maximum Gasteiger partial charge on any atom is 0.171 e. The SMILES string of the molecule is C=CCNC(=S)Nc1ccccc1OCc1ccccc1. The van der Waals surface area contributed by atoms with E-state index in [1.54, 1.807) is 6.08 Å². The summed E-state index contributed by atoms with van der Waals surface area (Å²) in [4.78, 5) is 0. The molecule has 0 atom stereocenters. The van der Waals surface area contributed by atoms with Crippen molar-refractivity contribution in [2.75, 3.05) is 11.9 Å². The fourth-order valence-corrected chi connectivity index (χ4v) is 1.96. The quantitative estimate of drug-likeness (QED) is 0.629. The first-order valence-electron chi connectivity index (χ1n) is 6.71. The van der Waals surface area contributed by atoms with Crippen molar-refractivity contribution in [3.63, 3.8) is 0 Å². The lowest BCUT2D eigenvalue weighted by Crippen LogP contribution is -2.28. The van der Waals surface area contributed by atoms with E-state index in [1.807, 2.05) is 54.6 Å². The molecular weight excluding hydrogens is 280 g/mol. The second-order valence-electron chi connectivity index (χ2n) is 4.39. The summed E-state index contributed by atoms with van der Waals surface area (Å²) in [6.07, 6.45) is 1.76. The van der Waals surface area contributed by atoms with Crippen molar-refractivity contribution < 1.29 is 4.74 Å². The lowest BCUT2D eigenvalue weighted by molar-refractivity contribution is 0.308. The van der Waals surface area contributed by atoms with Gasteiger partial charge in [-0.25, -0.2) is 0 Å². The lowest BCUT2D eigenvalue weighted by atomic mass is 10.2. The van der Waals surface area contributed by atoms with E-state index in [9.17, 15) is 0 Å². The zero-order valence-electron chi connectivity index (χ0n) is 11.7. The minimum Gasteiger partial charge on any atom is -0.487 e. The number of anilines is 1. The van der Waals surface area contributed by atoms with Gasteiger partial charge < -0.3 is 15.4 Å². The minimum absolute atomic E-state index is 0.520. The highest BCUT2D eigenvalue weighted by molar-refractivity contribution is 7.80. The molecule has 0 aromatic heterocycles. The molecule has 0 bridgehead atoms.